The summed E-state index contributed by atoms with van der Waals surface area (Å²) < 4.78 is 5.80. The highest BCUT2D eigenvalue weighted by Gasteiger charge is 2.12. The molecule has 0 bridgehead atoms. The van der Waals surface area contributed by atoms with E-state index < -0.39 is 0 Å². The molecule has 0 spiro atoms. The van der Waals surface area contributed by atoms with Crippen molar-refractivity contribution >= 4 is 28.8 Å². The van der Waals surface area contributed by atoms with E-state index in [9.17, 15) is 0 Å². The smallest absolute Gasteiger partial charge is 0.277 e. The lowest BCUT2D eigenvalue weighted by Crippen LogP contribution is -2.21. The third-order valence-corrected chi connectivity index (χ3v) is 6.10. The largest absolute Gasteiger partial charge is 0.411 e. The summed E-state index contributed by atoms with van der Waals surface area (Å²) in [5.74, 6) is 1.76. The number of thiazole rings is 1. The van der Waals surface area contributed by atoms with Gasteiger partial charge in [-0.15, -0.1) is 21.5 Å². The third kappa shape index (κ3) is 4.45. The van der Waals surface area contributed by atoms with E-state index in [2.05, 4.69) is 65.3 Å². The molecular weight excluding hydrogens is 364 g/mol. The highest BCUT2D eigenvalue weighted by Crippen LogP contribution is 2.28. The number of rotatable bonds is 8. The Morgan fingerprint density at radius 3 is 2.46 bits per heavy atom. The van der Waals surface area contributed by atoms with Crippen LogP contribution >= 0.6 is 23.1 Å². The maximum atomic E-state index is 5.80. The summed E-state index contributed by atoms with van der Waals surface area (Å²) in [7, 11) is 0. The molecule has 5 nitrogen and oxygen atoms in total. The first-order valence-corrected chi connectivity index (χ1v) is 10.7. The van der Waals surface area contributed by atoms with Crippen LogP contribution in [0.15, 0.2) is 39.3 Å². The predicted octanol–water partition coefficient (Wildman–Crippen LogP) is 5.46. The van der Waals surface area contributed by atoms with Crippen molar-refractivity contribution in [2.24, 2.45) is 0 Å². The number of aromatic nitrogens is 3. The Morgan fingerprint density at radius 1 is 1.12 bits per heavy atom. The quantitative estimate of drug-likeness (QED) is 0.478. The second-order valence-corrected chi connectivity index (χ2v) is 8.03. The zero-order valence-electron chi connectivity index (χ0n) is 15.6. The van der Waals surface area contributed by atoms with Gasteiger partial charge in [0.1, 0.15) is 0 Å². The molecule has 26 heavy (non-hydrogen) atoms. The minimum Gasteiger partial charge on any atom is -0.411 e. The van der Waals surface area contributed by atoms with Crippen molar-refractivity contribution in [2.75, 3.05) is 18.0 Å². The molecule has 138 valence electrons. The van der Waals surface area contributed by atoms with Crippen LogP contribution < -0.4 is 4.90 Å². The maximum Gasteiger partial charge on any atom is 0.277 e. The van der Waals surface area contributed by atoms with Gasteiger partial charge in [-0.2, -0.15) is 0 Å². The standard InChI is InChI=1S/C19H24N4OS2/c1-5-23(6-2)16-9-7-14(8-10-16)17-21-22-19(24-17)26-12-15-11-25-18(20-15)13(3)4/h7-11,13H,5-6,12H2,1-4H3. The Kier molecular flexibility index (Phi) is 6.32. The van der Waals surface area contributed by atoms with Crippen molar-refractivity contribution in [3.8, 4) is 11.5 Å². The number of hydrogen-bond donors (Lipinski definition) is 0. The molecule has 2 aromatic heterocycles. The van der Waals surface area contributed by atoms with Crippen molar-refractivity contribution in [1.29, 1.82) is 0 Å². The molecule has 3 rings (SSSR count). The number of hydrogen-bond acceptors (Lipinski definition) is 7. The Balaban J connectivity index is 1.63. The van der Waals surface area contributed by atoms with Crippen molar-refractivity contribution in [3.05, 3.63) is 40.3 Å². The Labute approximate surface area is 162 Å². The van der Waals surface area contributed by atoms with Gasteiger partial charge in [-0.25, -0.2) is 4.98 Å². The fourth-order valence-electron chi connectivity index (χ4n) is 2.58. The molecule has 0 aliphatic heterocycles. The molecule has 0 atom stereocenters. The second kappa shape index (κ2) is 8.68. The fraction of sp³-hybridized carbons (Fsp3) is 0.421. The van der Waals surface area contributed by atoms with Crippen LogP contribution in [0.2, 0.25) is 0 Å². The van der Waals surface area contributed by atoms with E-state index in [1.165, 1.54) is 22.5 Å². The maximum absolute atomic E-state index is 5.80. The summed E-state index contributed by atoms with van der Waals surface area (Å²) in [5, 5.41) is 12.2. The molecule has 0 radical (unpaired) electrons. The average molecular weight is 389 g/mol. The van der Waals surface area contributed by atoms with Crippen LogP contribution in [0.4, 0.5) is 5.69 Å². The van der Waals surface area contributed by atoms with Crippen molar-refractivity contribution in [1.82, 2.24) is 15.2 Å². The van der Waals surface area contributed by atoms with E-state index in [0.717, 1.165) is 30.1 Å². The summed E-state index contributed by atoms with van der Waals surface area (Å²) in [5.41, 5.74) is 3.21. The van der Waals surface area contributed by atoms with Gasteiger partial charge in [-0.1, -0.05) is 25.6 Å². The van der Waals surface area contributed by atoms with Gasteiger partial charge in [0.15, 0.2) is 0 Å². The zero-order chi connectivity index (χ0) is 18.5. The van der Waals surface area contributed by atoms with Crippen LogP contribution in [0.3, 0.4) is 0 Å². The van der Waals surface area contributed by atoms with Crippen LogP contribution in [-0.4, -0.2) is 28.3 Å². The second-order valence-electron chi connectivity index (χ2n) is 6.21. The lowest BCUT2D eigenvalue weighted by atomic mass is 10.2. The molecule has 3 aromatic rings. The fourth-order valence-corrected chi connectivity index (χ4v) is 4.17. The van der Waals surface area contributed by atoms with E-state index in [1.54, 1.807) is 11.3 Å². The molecule has 0 aliphatic carbocycles. The van der Waals surface area contributed by atoms with Crippen LogP contribution in [0, 0.1) is 0 Å². The van der Waals surface area contributed by atoms with Crippen LogP contribution in [-0.2, 0) is 5.75 Å². The SMILES string of the molecule is CCN(CC)c1ccc(-c2nnc(SCc3csc(C(C)C)n3)o2)cc1. The minimum atomic E-state index is 0.466. The molecule has 7 heteroatoms. The van der Waals surface area contributed by atoms with Crippen molar-refractivity contribution in [2.45, 2.75) is 44.6 Å². The molecule has 1 aromatic carbocycles. The molecule has 0 fully saturated rings. The number of thioether (sulfide) groups is 1. The van der Waals surface area contributed by atoms with Gasteiger partial charge in [0.25, 0.3) is 5.22 Å². The Bertz CT molecular complexity index is 822. The van der Waals surface area contributed by atoms with Crippen molar-refractivity contribution in [3.63, 3.8) is 0 Å². The topological polar surface area (TPSA) is 55.1 Å². The van der Waals surface area contributed by atoms with Crippen LogP contribution in [0.1, 0.15) is 44.3 Å². The molecule has 2 heterocycles. The lowest BCUT2D eigenvalue weighted by molar-refractivity contribution is 0.466. The van der Waals surface area contributed by atoms with E-state index >= 15 is 0 Å². The summed E-state index contributed by atoms with van der Waals surface area (Å²) in [6.07, 6.45) is 0. The molecule has 0 N–H and O–H groups in total. The molecule has 0 unspecified atom stereocenters. The lowest BCUT2D eigenvalue weighted by Gasteiger charge is -2.20. The number of nitrogens with zero attached hydrogens (tertiary/aromatic N) is 4. The van der Waals surface area contributed by atoms with E-state index in [4.69, 9.17) is 4.42 Å². The Morgan fingerprint density at radius 2 is 1.85 bits per heavy atom. The minimum absolute atomic E-state index is 0.466. The van der Waals surface area contributed by atoms with Gasteiger partial charge in [-0.3, -0.25) is 0 Å². The van der Waals surface area contributed by atoms with Crippen molar-refractivity contribution < 1.29 is 4.42 Å². The first-order chi connectivity index (χ1) is 12.6. The van der Waals surface area contributed by atoms with E-state index in [-0.39, 0.29) is 0 Å². The molecular formula is C19H24N4OS2. The predicted molar refractivity (Wildman–Crippen MR) is 109 cm³/mol. The summed E-state index contributed by atoms with van der Waals surface area (Å²) in [6, 6.07) is 8.26. The Hall–Kier alpha value is -1.86. The first-order valence-electron chi connectivity index (χ1n) is 8.86. The van der Waals surface area contributed by atoms with Gasteiger partial charge in [0.05, 0.1) is 10.7 Å². The highest BCUT2D eigenvalue weighted by atomic mass is 32.2. The summed E-state index contributed by atoms with van der Waals surface area (Å²) in [4.78, 5) is 6.94. The van der Waals surface area contributed by atoms with Gasteiger partial charge < -0.3 is 9.32 Å². The van der Waals surface area contributed by atoms with Gasteiger partial charge in [0, 0.05) is 41.4 Å². The molecule has 0 aliphatic rings. The summed E-state index contributed by atoms with van der Waals surface area (Å²) >= 11 is 3.23. The molecule has 0 saturated heterocycles. The van der Waals surface area contributed by atoms with Crippen LogP contribution in [0.25, 0.3) is 11.5 Å². The number of anilines is 1. The summed E-state index contributed by atoms with van der Waals surface area (Å²) in [6.45, 7) is 10.6. The van der Waals surface area contributed by atoms with E-state index in [0.29, 0.717) is 17.0 Å². The van der Waals surface area contributed by atoms with Gasteiger partial charge in [0.2, 0.25) is 5.89 Å². The monoisotopic (exact) mass is 388 g/mol. The van der Waals surface area contributed by atoms with E-state index in [1.807, 2.05) is 12.1 Å². The average Bonchev–Trinajstić information content (AvgIpc) is 3.31. The zero-order valence-corrected chi connectivity index (χ0v) is 17.2. The van der Waals surface area contributed by atoms with Gasteiger partial charge in [-0.05, 0) is 38.1 Å². The highest BCUT2D eigenvalue weighted by molar-refractivity contribution is 7.98. The molecule has 0 saturated carbocycles. The molecule has 0 amide bonds. The first kappa shape index (κ1) is 18.9. The normalized spacial score (nSPS) is 11.3. The third-order valence-electron chi connectivity index (χ3n) is 4.06. The van der Waals surface area contributed by atoms with Crippen LogP contribution in [0.5, 0.6) is 0 Å². The number of benzene rings is 1. The van der Waals surface area contributed by atoms with Gasteiger partial charge >= 0.3 is 0 Å².